The number of benzene rings is 2. The Labute approximate surface area is 160 Å². The second-order valence-corrected chi connectivity index (χ2v) is 6.67. The second kappa shape index (κ2) is 9.24. The molecule has 0 atom stereocenters. The molecule has 0 aliphatic heterocycles. The SMILES string of the molecule is CNCCc1c[nH]c2ccc(CCNC(=O)Cc3ccc(OC)cc3)cc12. The third kappa shape index (κ3) is 5.11. The summed E-state index contributed by atoms with van der Waals surface area (Å²) in [5.74, 6) is 0.839. The van der Waals surface area contributed by atoms with Crippen LogP contribution in [0.2, 0.25) is 0 Å². The van der Waals surface area contributed by atoms with Crippen molar-refractivity contribution >= 4 is 16.8 Å². The molecule has 3 rings (SSSR count). The van der Waals surface area contributed by atoms with Crippen molar-refractivity contribution in [2.45, 2.75) is 19.3 Å². The van der Waals surface area contributed by atoms with Crippen LogP contribution in [0.1, 0.15) is 16.7 Å². The number of hydrogen-bond acceptors (Lipinski definition) is 3. The lowest BCUT2D eigenvalue weighted by atomic mass is 10.1. The van der Waals surface area contributed by atoms with Gasteiger partial charge < -0.3 is 20.4 Å². The van der Waals surface area contributed by atoms with Gasteiger partial charge in [-0.15, -0.1) is 0 Å². The highest BCUT2D eigenvalue weighted by Gasteiger charge is 2.06. The molecule has 1 amide bonds. The maximum atomic E-state index is 12.1. The second-order valence-electron chi connectivity index (χ2n) is 6.67. The molecule has 0 saturated carbocycles. The molecule has 5 nitrogen and oxygen atoms in total. The number of ether oxygens (including phenoxy) is 1. The summed E-state index contributed by atoms with van der Waals surface area (Å²) in [4.78, 5) is 15.5. The van der Waals surface area contributed by atoms with E-state index in [0.717, 1.165) is 36.2 Å². The van der Waals surface area contributed by atoms with Gasteiger partial charge in [-0.05, 0) is 67.4 Å². The summed E-state index contributed by atoms with van der Waals surface area (Å²) in [5.41, 5.74) is 4.70. The van der Waals surface area contributed by atoms with Gasteiger partial charge >= 0.3 is 0 Å². The van der Waals surface area contributed by atoms with E-state index in [9.17, 15) is 4.79 Å². The first kappa shape index (κ1) is 19.0. The van der Waals surface area contributed by atoms with E-state index in [0.29, 0.717) is 13.0 Å². The molecular weight excluding hydrogens is 338 g/mol. The summed E-state index contributed by atoms with van der Waals surface area (Å²) < 4.78 is 5.14. The van der Waals surface area contributed by atoms with Gasteiger partial charge in [-0.25, -0.2) is 0 Å². The summed E-state index contributed by atoms with van der Waals surface area (Å²) >= 11 is 0. The fourth-order valence-electron chi connectivity index (χ4n) is 3.19. The smallest absolute Gasteiger partial charge is 0.224 e. The zero-order valence-corrected chi connectivity index (χ0v) is 16.0. The third-order valence-corrected chi connectivity index (χ3v) is 4.74. The first-order valence-electron chi connectivity index (χ1n) is 9.32. The van der Waals surface area contributed by atoms with Crippen LogP contribution in [0.25, 0.3) is 10.9 Å². The molecule has 1 heterocycles. The zero-order valence-electron chi connectivity index (χ0n) is 16.0. The minimum atomic E-state index is 0.0394. The number of amides is 1. The number of methoxy groups -OCH3 is 1. The van der Waals surface area contributed by atoms with Gasteiger partial charge in [0.15, 0.2) is 0 Å². The molecule has 27 heavy (non-hydrogen) atoms. The van der Waals surface area contributed by atoms with Crippen LogP contribution in [0, 0.1) is 0 Å². The predicted octanol–water partition coefficient (Wildman–Crippen LogP) is 2.84. The Kier molecular flexibility index (Phi) is 6.49. The normalized spacial score (nSPS) is 10.9. The zero-order chi connectivity index (χ0) is 19.1. The lowest BCUT2D eigenvalue weighted by Crippen LogP contribution is -2.27. The number of fused-ring (bicyclic) bond motifs is 1. The number of rotatable bonds is 9. The number of carbonyl (C=O) groups excluding carboxylic acids is 1. The van der Waals surface area contributed by atoms with Crippen molar-refractivity contribution in [3.05, 3.63) is 65.4 Å². The van der Waals surface area contributed by atoms with Crippen molar-refractivity contribution in [1.29, 1.82) is 0 Å². The molecule has 3 aromatic rings. The molecule has 0 unspecified atom stereocenters. The Bertz CT molecular complexity index is 884. The van der Waals surface area contributed by atoms with E-state index in [4.69, 9.17) is 4.74 Å². The number of carbonyl (C=O) groups is 1. The standard InChI is InChI=1S/C22H27N3O2/c1-23-11-10-18-15-25-21-8-5-17(13-20(18)21)9-12-24-22(26)14-16-3-6-19(27-2)7-4-16/h3-8,13,15,23,25H,9-12,14H2,1-2H3,(H,24,26). The Morgan fingerprint density at radius 1 is 1.04 bits per heavy atom. The molecule has 0 radical (unpaired) electrons. The summed E-state index contributed by atoms with van der Waals surface area (Å²) in [6.07, 6.45) is 4.29. The average Bonchev–Trinajstić information content (AvgIpc) is 3.09. The van der Waals surface area contributed by atoms with Gasteiger partial charge in [0, 0.05) is 23.6 Å². The number of aromatic nitrogens is 1. The Balaban J connectivity index is 1.52. The van der Waals surface area contributed by atoms with Crippen molar-refractivity contribution in [3.8, 4) is 5.75 Å². The van der Waals surface area contributed by atoms with E-state index >= 15 is 0 Å². The highest BCUT2D eigenvalue weighted by atomic mass is 16.5. The van der Waals surface area contributed by atoms with Crippen molar-refractivity contribution in [2.75, 3.05) is 27.2 Å². The largest absolute Gasteiger partial charge is 0.497 e. The van der Waals surface area contributed by atoms with Gasteiger partial charge in [0.05, 0.1) is 13.5 Å². The molecule has 1 aromatic heterocycles. The number of nitrogens with one attached hydrogen (secondary N) is 3. The lowest BCUT2D eigenvalue weighted by molar-refractivity contribution is -0.120. The first-order chi connectivity index (χ1) is 13.2. The summed E-state index contributed by atoms with van der Waals surface area (Å²) in [5, 5.41) is 7.47. The number of hydrogen-bond donors (Lipinski definition) is 3. The minimum absolute atomic E-state index is 0.0394. The lowest BCUT2D eigenvalue weighted by Gasteiger charge is -2.07. The molecule has 142 valence electrons. The van der Waals surface area contributed by atoms with Gasteiger partial charge in [0.25, 0.3) is 0 Å². The molecule has 0 bridgehead atoms. The van der Waals surface area contributed by atoms with Crippen LogP contribution < -0.4 is 15.4 Å². The number of aromatic amines is 1. The van der Waals surface area contributed by atoms with E-state index in [1.807, 2.05) is 31.3 Å². The van der Waals surface area contributed by atoms with Crippen LogP contribution in [-0.2, 0) is 24.1 Å². The molecular formula is C22H27N3O2. The van der Waals surface area contributed by atoms with Gasteiger partial charge in [-0.1, -0.05) is 18.2 Å². The predicted molar refractivity (Wildman–Crippen MR) is 109 cm³/mol. The van der Waals surface area contributed by atoms with E-state index in [-0.39, 0.29) is 5.91 Å². The van der Waals surface area contributed by atoms with E-state index in [2.05, 4.69) is 40.0 Å². The molecule has 2 aromatic carbocycles. The third-order valence-electron chi connectivity index (χ3n) is 4.74. The minimum Gasteiger partial charge on any atom is -0.497 e. The van der Waals surface area contributed by atoms with Gasteiger partial charge in [0.1, 0.15) is 5.75 Å². The summed E-state index contributed by atoms with van der Waals surface area (Å²) in [6, 6.07) is 14.1. The van der Waals surface area contributed by atoms with Crippen molar-refractivity contribution < 1.29 is 9.53 Å². The van der Waals surface area contributed by atoms with E-state index in [1.54, 1.807) is 7.11 Å². The highest BCUT2D eigenvalue weighted by molar-refractivity contribution is 5.84. The highest BCUT2D eigenvalue weighted by Crippen LogP contribution is 2.20. The topological polar surface area (TPSA) is 66.2 Å². The van der Waals surface area contributed by atoms with Gasteiger partial charge in [-0.2, -0.15) is 0 Å². The van der Waals surface area contributed by atoms with Crippen LogP contribution >= 0.6 is 0 Å². The van der Waals surface area contributed by atoms with Crippen LogP contribution in [0.3, 0.4) is 0 Å². The van der Waals surface area contributed by atoms with Crippen LogP contribution in [0.5, 0.6) is 5.75 Å². The Hall–Kier alpha value is -2.79. The monoisotopic (exact) mass is 365 g/mol. The van der Waals surface area contributed by atoms with Crippen LogP contribution in [-0.4, -0.2) is 38.1 Å². The first-order valence-corrected chi connectivity index (χ1v) is 9.32. The van der Waals surface area contributed by atoms with Crippen molar-refractivity contribution in [3.63, 3.8) is 0 Å². The van der Waals surface area contributed by atoms with E-state index in [1.165, 1.54) is 16.5 Å². The van der Waals surface area contributed by atoms with Gasteiger partial charge in [-0.3, -0.25) is 4.79 Å². The molecule has 0 spiro atoms. The maximum Gasteiger partial charge on any atom is 0.224 e. The Morgan fingerprint density at radius 3 is 2.56 bits per heavy atom. The molecule has 3 N–H and O–H groups in total. The fourth-order valence-corrected chi connectivity index (χ4v) is 3.19. The molecule has 0 aliphatic rings. The number of likely N-dealkylation sites (N-methyl/N-ethyl adjacent to an activating group) is 1. The number of H-pyrrole nitrogens is 1. The quantitative estimate of drug-likeness (QED) is 0.546. The molecule has 0 saturated heterocycles. The fraction of sp³-hybridized carbons (Fsp3) is 0.318. The van der Waals surface area contributed by atoms with Crippen LogP contribution in [0.4, 0.5) is 0 Å². The van der Waals surface area contributed by atoms with Crippen molar-refractivity contribution in [2.24, 2.45) is 0 Å². The maximum absolute atomic E-state index is 12.1. The average molecular weight is 365 g/mol. The summed E-state index contributed by atoms with van der Waals surface area (Å²) in [6.45, 7) is 1.59. The van der Waals surface area contributed by atoms with Gasteiger partial charge in [0.2, 0.25) is 5.91 Å². The summed E-state index contributed by atoms with van der Waals surface area (Å²) in [7, 11) is 3.60. The van der Waals surface area contributed by atoms with Crippen LogP contribution in [0.15, 0.2) is 48.7 Å². The van der Waals surface area contributed by atoms with Crippen molar-refractivity contribution in [1.82, 2.24) is 15.6 Å². The molecule has 5 heteroatoms. The molecule has 0 aliphatic carbocycles. The molecule has 0 fully saturated rings. The Morgan fingerprint density at radius 2 is 1.81 bits per heavy atom. The van der Waals surface area contributed by atoms with E-state index < -0.39 is 0 Å².